The average molecular weight is 435 g/mol. The molecule has 1 atom stereocenters. The molecule has 0 aromatic heterocycles. The summed E-state index contributed by atoms with van der Waals surface area (Å²) in [5.41, 5.74) is 1.29. The van der Waals surface area contributed by atoms with Gasteiger partial charge in [0, 0.05) is 25.2 Å². The quantitative estimate of drug-likeness (QED) is 0.739. The van der Waals surface area contributed by atoms with Gasteiger partial charge in [-0.05, 0) is 43.6 Å². The molecule has 1 N–H and O–H groups in total. The van der Waals surface area contributed by atoms with Crippen LogP contribution in [-0.4, -0.2) is 55.5 Å². The molecule has 0 bridgehead atoms. The highest BCUT2D eigenvalue weighted by molar-refractivity contribution is 14.0. The monoisotopic (exact) mass is 434 g/mol. The van der Waals surface area contributed by atoms with Crippen LogP contribution in [0.25, 0.3) is 0 Å². The van der Waals surface area contributed by atoms with Gasteiger partial charge >= 0.3 is 0 Å². The van der Waals surface area contributed by atoms with Crippen molar-refractivity contribution in [2.75, 3.05) is 39.8 Å². The Bertz CT molecular complexity index is 517. The van der Waals surface area contributed by atoms with Gasteiger partial charge in [0.25, 0.3) is 0 Å². The predicted molar refractivity (Wildman–Crippen MR) is 103 cm³/mol. The molecule has 3 rings (SSSR count). The lowest BCUT2D eigenvalue weighted by atomic mass is 10.1. The third-order valence-corrected chi connectivity index (χ3v) is 4.56. The topological polar surface area (TPSA) is 30.9 Å². The minimum atomic E-state index is 0. The first-order valence-corrected chi connectivity index (χ1v) is 8.11. The summed E-state index contributed by atoms with van der Waals surface area (Å²) in [6.07, 6.45) is 2.58. The number of likely N-dealkylation sites (N-methyl/N-ethyl adjacent to an activating group) is 1. The van der Waals surface area contributed by atoms with E-state index >= 15 is 0 Å². The van der Waals surface area contributed by atoms with Crippen LogP contribution in [0.15, 0.2) is 29.3 Å². The van der Waals surface area contributed by atoms with Crippen LogP contribution in [0.2, 0.25) is 5.02 Å². The van der Waals surface area contributed by atoms with Gasteiger partial charge in [-0.3, -0.25) is 9.89 Å². The van der Waals surface area contributed by atoms with Crippen LogP contribution in [0.5, 0.6) is 0 Å². The molecule has 122 valence electrons. The fraction of sp³-hybridized carbons (Fsp3) is 0.562. The summed E-state index contributed by atoms with van der Waals surface area (Å²) in [5.74, 6) is 1.02. The van der Waals surface area contributed by atoms with Gasteiger partial charge in [-0.2, -0.15) is 0 Å². The number of aliphatic imine (C=N–C) groups is 1. The second kappa shape index (κ2) is 8.36. The predicted octanol–water partition coefficient (Wildman–Crippen LogP) is 2.99. The smallest absolute Gasteiger partial charge is 0.193 e. The van der Waals surface area contributed by atoms with Crippen molar-refractivity contribution in [2.45, 2.75) is 18.9 Å². The summed E-state index contributed by atoms with van der Waals surface area (Å²) < 4.78 is 0. The van der Waals surface area contributed by atoms with E-state index in [0.29, 0.717) is 6.04 Å². The maximum absolute atomic E-state index is 6.18. The Morgan fingerprint density at radius 2 is 2.05 bits per heavy atom. The van der Waals surface area contributed by atoms with Gasteiger partial charge in [0.15, 0.2) is 5.96 Å². The highest BCUT2D eigenvalue weighted by Crippen LogP contribution is 2.26. The Morgan fingerprint density at radius 1 is 1.27 bits per heavy atom. The zero-order chi connectivity index (χ0) is 14.7. The van der Waals surface area contributed by atoms with E-state index in [9.17, 15) is 0 Å². The number of halogens is 2. The van der Waals surface area contributed by atoms with Crippen molar-refractivity contribution in [3.05, 3.63) is 34.9 Å². The summed E-state index contributed by atoms with van der Waals surface area (Å²) in [6, 6.07) is 8.61. The Labute approximate surface area is 154 Å². The van der Waals surface area contributed by atoms with Gasteiger partial charge < -0.3 is 10.2 Å². The summed E-state index contributed by atoms with van der Waals surface area (Å²) in [4.78, 5) is 9.24. The maximum Gasteiger partial charge on any atom is 0.193 e. The van der Waals surface area contributed by atoms with Crippen molar-refractivity contribution in [3.63, 3.8) is 0 Å². The number of nitrogens with one attached hydrogen (secondary N) is 1. The molecule has 2 aliphatic heterocycles. The van der Waals surface area contributed by atoms with Gasteiger partial charge in [-0.25, -0.2) is 0 Å². The number of guanidine groups is 1. The lowest BCUT2D eigenvalue weighted by Gasteiger charge is -2.29. The molecule has 6 heteroatoms. The van der Waals surface area contributed by atoms with Gasteiger partial charge in [-0.1, -0.05) is 23.7 Å². The maximum atomic E-state index is 6.18. The lowest BCUT2D eigenvalue weighted by molar-refractivity contribution is 0.244. The Hall–Kier alpha value is -0.530. The average Bonchev–Trinajstić information content (AvgIpc) is 3.12. The fourth-order valence-electron chi connectivity index (χ4n) is 3.14. The minimum Gasteiger partial charge on any atom is -0.354 e. The van der Waals surface area contributed by atoms with Crippen LogP contribution in [0.1, 0.15) is 24.4 Å². The molecular formula is C16H24ClIN4. The molecule has 2 heterocycles. The van der Waals surface area contributed by atoms with Gasteiger partial charge in [0.05, 0.1) is 12.6 Å². The van der Waals surface area contributed by atoms with E-state index < -0.39 is 0 Å². The van der Waals surface area contributed by atoms with Gasteiger partial charge in [0.1, 0.15) is 0 Å². The van der Waals surface area contributed by atoms with E-state index in [-0.39, 0.29) is 24.0 Å². The molecule has 1 aromatic carbocycles. The first-order chi connectivity index (χ1) is 10.2. The van der Waals surface area contributed by atoms with E-state index in [2.05, 4.69) is 39.3 Å². The molecule has 0 amide bonds. The van der Waals surface area contributed by atoms with Crippen LogP contribution in [-0.2, 0) is 0 Å². The molecule has 2 aliphatic rings. The number of rotatable bonds is 4. The van der Waals surface area contributed by atoms with Crippen molar-refractivity contribution >= 4 is 41.5 Å². The summed E-state index contributed by atoms with van der Waals surface area (Å²) >= 11 is 6.18. The number of hydrogen-bond donors (Lipinski definition) is 1. The molecule has 0 radical (unpaired) electrons. The fourth-order valence-corrected chi connectivity index (χ4v) is 3.33. The zero-order valence-corrected chi connectivity index (χ0v) is 16.1. The minimum absolute atomic E-state index is 0. The van der Waals surface area contributed by atoms with Crippen molar-refractivity contribution in [1.82, 2.24) is 15.1 Å². The molecule has 1 saturated heterocycles. The van der Waals surface area contributed by atoms with Crippen LogP contribution in [0, 0.1) is 0 Å². The summed E-state index contributed by atoms with van der Waals surface area (Å²) in [6.45, 7) is 5.12. The van der Waals surface area contributed by atoms with Crippen LogP contribution in [0.4, 0.5) is 0 Å². The molecule has 22 heavy (non-hydrogen) atoms. The first kappa shape index (κ1) is 17.8. The van der Waals surface area contributed by atoms with E-state index in [4.69, 9.17) is 11.6 Å². The summed E-state index contributed by atoms with van der Waals surface area (Å²) in [7, 11) is 2.09. The second-order valence-corrected chi connectivity index (χ2v) is 6.26. The van der Waals surface area contributed by atoms with Crippen molar-refractivity contribution < 1.29 is 0 Å². The van der Waals surface area contributed by atoms with Crippen LogP contribution >= 0.6 is 35.6 Å². The molecule has 0 aliphatic carbocycles. The van der Waals surface area contributed by atoms with E-state index in [1.54, 1.807) is 0 Å². The van der Waals surface area contributed by atoms with Crippen LogP contribution in [0.3, 0.4) is 0 Å². The normalized spacial score (nSPS) is 19.7. The number of hydrogen-bond acceptors (Lipinski definition) is 4. The number of nitrogens with zero attached hydrogens (tertiary/aromatic N) is 3. The largest absolute Gasteiger partial charge is 0.354 e. The van der Waals surface area contributed by atoms with Gasteiger partial charge in [-0.15, -0.1) is 24.0 Å². The van der Waals surface area contributed by atoms with Crippen molar-refractivity contribution in [1.29, 1.82) is 0 Å². The molecular weight excluding hydrogens is 411 g/mol. The molecule has 1 unspecified atom stereocenters. The highest BCUT2D eigenvalue weighted by Gasteiger charge is 2.24. The second-order valence-electron chi connectivity index (χ2n) is 5.82. The third-order valence-electron chi connectivity index (χ3n) is 4.33. The van der Waals surface area contributed by atoms with E-state index in [1.165, 1.54) is 31.5 Å². The Balaban J connectivity index is 0.00000176. The van der Waals surface area contributed by atoms with E-state index in [1.807, 2.05) is 12.1 Å². The standard InChI is InChI=1S/C16H23ClN4.HI/c1-20-10-7-18-16(20)19-12-15(21-8-2-3-9-21)13-5-4-6-14(17)11-13;/h4-6,11,15H,2-3,7-10,12H2,1H3,(H,18,19);1H. The summed E-state index contributed by atoms with van der Waals surface area (Å²) in [5, 5.41) is 4.33. The number of likely N-dealkylation sites (tertiary alicyclic amines) is 1. The molecule has 0 saturated carbocycles. The Morgan fingerprint density at radius 3 is 2.68 bits per heavy atom. The third kappa shape index (κ3) is 4.26. The molecule has 0 spiro atoms. The highest BCUT2D eigenvalue weighted by atomic mass is 127. The number of benzene rings is 1. The van der Waals surface area contributed by atoms with Crippen LogP contribution < -0.4 is 5.32 Å². The lowest BCUT2D eigenvalue weighted by Crippen LogP contribution is -2.41. The zero-order valence-electron chi connectivity index (χ0n) is 13.0. The molecule has 1 fully saturated rings. The van der Waals surface area contributed by atoms with Crippen molar-refractivity contribution in [2.24, 2.45) is 4.99 Å². The van der Waals surface area contributed by atoms with Crippen molar-refractivity contribution in [3.8, 4) is 0 Å². The molecule has 1 aromatic rings. The molecule has 4 nitrogen and oxygen atoms in total. The first-order valence-electron chi connectivity index (χ1n) is 7.73. The Kier molecular flexibility index (Phi) is 6.77. The SMILES string of the molecule is CN1CCN=C1NCC(c1cccc(Cl)c1)N1CCCC1.I. The van der Waals surface area contributed by atoms with Gasteiger partial charge in [0.2, 0.25) is 0 Å². The van der Waals surface area contributed by atoms with E-state index in [0.717, 1.165) is 30.6 Å².